The average molecular weight is 386 g/mol. The standard InChI is InChI=1S/C20H26N4O4/c1-15-20(23-28-22-15)27-13-11-21-19(26)17-9-10-18(25)24(14-17)12-5-8-16-6-3-2-4-7-16/h2-4,6-7,17H,5,8-14H2,1H3,(H,21,26)/t17-/m0/s1. The van der Waals surface area contributed by atoms with Crippen LogP contribution >= 0.6 is 0 Å². The Hall–Kier alpha value is -2.90. The number of rotatable bonds is 9. The van der Waals surface area contributed by atoms with E-state index in [1.54, 1.807) is 6.92 Å². The predicted molar refractivity (Wildman–Crippen MR) is 102 cm³/mol. The summed E-state index contributed by atoms with van der Waals surface area (Å²) in [4.78, 5) is 26.4. The number of hydrogen-bond acceptors (Lipinski definition) is 6. The maximum atomic E-state index is 12.4. The molecule has 0 aliphatic carbocycles. The largest absolute Gasteiger partial charge is 0.472 e. The zero-order chi connectivity index (χ0) is 19.8. The van der Waals surface area contributed by atoms with E-state index in [0.29, 0.717) is 44.0 Å². The van der Waals surface area contributed by atoms with Crippen LogP contribution in [0.15, 0.2) is 35.0 Å². The number of nitrogens with zero attached hydrogens (tertiary/aromatic N) is 3. The van der Waals surface area contributed by atoms with Gasteiger partial charge in [0.1, 0.15) is 12.3 Å². The second kappa shape index (κ2) is 9.87. The number of aryl methyl sites for hydroxylation is 2. The number of aromatic nitrogens is 2. The van der Waals surface area contributed by atoms with Crippen molar-refractivity contribution >= 4 is 11.8 Å². The Kier molecular flexibility index (Phi) is 7.00. The highest BCUT2D eigenvalue weighted by Crippen LogP contribution is 2.18. The molecule has 28 heavy (non-hydrogen) atoms. The van der Waals surface area contributed by atoms with Crippen LogP contribution in [0.4, 0.5) is 0 Å². The van der Waals surface area contributed by atoms with Gasteiger partial charge in [0, 0.05) is 19.5 Å². The zero-order valence-electron chi connectivity index (χ0n) is 16.1. The summed E-state index contributed by atoms with van der Waals surface area (Å²) in [6, 6.07) is 10.2. The highest BCUT2D eigenvalue weighted by atomic mass is 16.6. The fraction of sp³-hybridized carbons (Fsp3) is 0.500. The Morgan fingerprint density at radius 2 is 2.14 bits per heavy atom. The Morgan fingerprint density at radius 3 is 2.89 bits per heavy atom. The lowest BCUT2D eigenvalue weighted by Crippen LogP contribution is -2.46. The summed E-state index contributed by atoms with van der Waals surface area (Å²) in [5.74, 6) is 0.251. The summed E-state index contributed by atoms with van der Waals surface area (Å²) < 4.78 is 9.95. The van der Waals surface area contributed by atoms with Crippen LogP contribution in [0, 0.1) is 12.8 Å². The second-order valence-electron chi connectivity index (χ2n) is 6.96. The lowest BCUT2D eigenvalue weighted by Gasteiger charge is -2.32. The van der Waals surface area contributed by atoms with Crippen LogP contribution in [0.25, 0.3) is 0 Å². The smallest absolute Gasteiger partial charge is 0.278 e. The van der Waals surface area contributed by atoms with Gasteiger partial charge in [0.25, 0.3) is 5.88 Å². The van der Waals surface area contributed by atoms with Gasteiger partial charge in [-0.15, -0.1) is 0 Å². The van der Waals surface area contributed by atoms with Crippen molar-refractivity contribution in [3.8, 4) is 5.88 Å². The van der Waals surface area contributed by atoms with Crippen LogP contribution in [0.1, 0.15) is 30.5 Å². The predicted octanol–water partition coefficient (Wildman–Crippen LogP) is 1.74. The number of hydrogen-bond donors (Lipinski definition) is 1. The fourth-order valence-electron chi connectivity index (χ4n) is 3.28. The molecule has 1 N–H and O–H groups in total. The van der Waals surface area contributed by atoms with Gasteiger partial charge in [0.2, 0.25) is 11.8 Å². The Morgan fingerprint density at radius 1 is 1.32 bits per heavy atom. The third-order valence-electron chi connectivity index (χ3n) is 4.86. The van der Waals surface area contributed by atoms with Crippen molar-refractivity contribution in [3.05, 3.63) is 41.6 Å². The third-order valence-corrected chi connectivity index (χ3v) is 4.86. The maximum Gasteiger partial charge on any atom is 0.278 e. The van der Waals surface area contributed by atoms with Gasteiger partial charge in [-0.1, -0.05) is 35.5 Å². The van der Waals surface area contributed by atoms with Crippen LogP contribution in [-0.4, -0.2) is 53.3 Å². The van der Waals surface area contributed by atoms with E-state index in [9.17, 15) is 9.59 Å². The van der Waals surface area contributed by atoms with Crippen molar-refractivity contribution in [2.45, 2.75) is 32.6 Å². The molecule has 150 valence electrons. The van der Waals surface area contributed by atoms with E-state index in [2.05, 4.69) is 32.4 Å². The van der Waals surface area contributed by atoms with E-state index in [-0.39, 0.29) is 24.3 Å². The molecular formula is C20H26N4O4. The van der Waals surface area contributed by atoms with Gasteiger partial charge in [-0.25, -0.2) is 4.63 Å². The minimum Gasteiger partial charge on any atom is -0.472 e. The topological polar surface area (TPSA) is 97.6 Å². The van der Waals surface area contributed by atoms with E-state index >= 15 is 0 Å². The zero-order valence-corrected chi connectivity index (χ0v) is 16.1. The molecule has 0 radical (unpaired) electrons. The molecule has 8 nitrogen and oxygen atoms in total. The Bertz CT molecular complexity index is 778. The first-order valence-corrected chi connectivity index (χ1v) is 9.65. The van der Waals surface area contributed by atoms with Gasteiger partial charge in [0.15, 0.2) is 0 Å². The number of amides is 2. The van der Waals surface area contributed by atoms with Crippen LogP contribution in [0.5, 0.6) is 5.88 Å². The molecule has 3 rings (SSSR count). The number of carbonyl (C=O) groups excluding carboxylic acids is 2. The molecule has 2 amide bonds. The summed E-state index contributed by atoms with van der Waals surface area (Å²) in [7, 11) is 0. The summed E-state index contributed by atoms with van der Waals surface area (Å²) in [5.41, 5.74) is 1.84. The van der Waals surface area contributed by atoms with E-state index in [0.717, 1.165) is 12.8 Å². The Balaban J connectivity index is 1.38. The SMILES string of the molecule is Cc1nonc1OCCNC(=O)[C@H]1CCC(=O)N(CCCc2ccccc2)C1. The lowest BCUT2D eigenvalue weighted by molar-refractivity contribution is -0.138. The van der Waals surface area contributed by atoms with Crippen molar-refractivity contribution in [2.75, 3.05) is 26.2 Å². The average Bonchev–Trinajstić information content (AvgIpc) is 3.12. The number of piperidine rings is 1. The first kappa shape index (κ1) is 19.9. The quantitative estimate of drug-likeness (QED) is 0.660. The van der Waals surface area contributed by atoms with Crippen LogP contribution in [0.3, 0.4) is 0 Å². The molecule has 1 atom stereocenters. The number of carbonyl (C=O) groups is 2. The molecule has 0 bridgehead atoms. The molecule has 1 fully saturated rings. The molecule has 1 aliphatic heterocycles. The summed E-state index contributed by atoms with van der Waals surface area (Å²) in [6.07, 6.45) is 2.83. The monoisotopic (exact) mass is 386 g/mol. The van der Waals surface area contributed by atoms with Gasteiger partial charge in [-0.3, -0.25) is 9.59 Å². The van der Waals surface area contributed by atoms with Crippen LogP contribution in [0.2, 0.25) is 0 Å². The second-order valence-corrected chi connectivity index (χ2v) is 6.96. The van der Waals surface area contributed by atoms with Crippen LogP contribution < -0.4 is 10.1 Å². The highest BCUT2D eigenvalue weighted by Gasteiger charge is 2.29. The molecule has 0 saturated carbocycles. The van der Waals surface area contributed by atoms with E-state index < -0.39 is 0 Å². The highest BCUT2D eigenvalue weighted by molar-refractivity contribution is 5.83. The van der Waals surface area contributed by atoms with Gasteiger partial charge in [-0.05, 0) is 36.9 Å². The molecule has 2 heterocycles. The molecule has 1 aliphatic rings. The third kappa shape index (κ3) is 5.55. The molecule has 1 aromatic heterocycles. The minimum absolute atomic E-state index is 0.0424. The van der Waals surface area contributed by atoms with Crippen LogP contribution in [-0.2, 0) is 16.0 Å². The number of nitrogens with one attached hydrogen (secondary N) is 1. The van der Waals surface area contributed by atoms with Crippen molar-refractivity contribution < 1.29 is 19.0 Å². The van der Waals surface area contributed by atoms with E-state index in [1.165, 1.54) is 5.56 Å². The molecule has 8 heteroatoms. The molecule has 0 spiro atoms. The van der Waals surface area contributed by atoms with Gasteiger partial charge in [-0.2, -0.15) is 0 Å². The normalized spacial score (nSPS) is 16.8. The summed E-state index contributed by atoms with van der Waals surface area (Å²) in [5, 5.41) is 10.1. The maximum absolute atomic E-state index is 12.4. The summed E-state index contributed by atoms with van der Waals surface area (Å²) >= 11 is 0. The van der Waals surface area contributed by atoms with Crippen molar-refractivity contribution in [3.63, 3.8) is 0 Å². The number of ether oxygens (including phenoxy) is 1. The molecule has 1 saturated heterocycles. The number of benzene rings is 1. The first-order chi connectivity index (χ1) is 13.6. The van der Waals surface area contributed by atoms with E-state index in [1.807, 2.05) is 23.1 Å². The fourth-order valence-corrected chi connectivity index (χ4v) is 3.28. The molecular weight excluding hydrogens is 360 g/mol. The van der Waals surface area contributed by atoms with Crippen molar-refractivity contribution in [1.82, 2.24) is 20.5 Å². The van der Waals surface area contributed by atoms with Gasteiger partial charge < -0.3 is 15.0 Å². The first-order valence-electron chi connectivity index (χ1n) is 9.65. The van der Waals surface area contributed by atoms with Crippen molar-refractivity contribution in [2.24, 2.45) is 5.92 Å². The van der Waals surface area contributed by atoms with E-state index in [4.69, 9.17) is 4.74 Å². The minimum atomic E-state index is -0.176. The van der Waals surface area contributed by atoms with Gasteiger partial charge in [0.05, 0.1) is 12.5 Å². The number of likely N-dealkylation sites (tertiary alicyclic amines) is 1. The Labute approximate surface area is 164 Å². The lowest BCUT2D eigenvalue weighted by atomic mass is 9.96. The van der Waals surface area contributed by atoms with Gasteiger partial charge >= 0.3 is 0 Å². The summed E-state index contributed by atoms with van der Waals surface area (Å²) in [6.45, 7) is 3.54. The van der Waals surface area contributed by atoms with Crippen molar-refractivity contribution in [1.29, 1.82) is 0 Å². The molecule has 2 aromatic rings. The molecule has 1 aromatic carbocycles. The molecule has 0 unspecified atom stereocenters.